The highest BCUT2D eigenvalue weighted by Crippen LogP contribution is 2.48. The van der Waals surface area contributed by atoms with Crippen molar-refractivity contribution < 1.29 is 0 Å². The second-order valence-corrected chi connectivity index (χ2v) is 26.2. The Morgan fingerprint density at radius 2 is 0.563 bits per heavy atom. The van der Waals surface area contributed by atoms with E-state index in [4.69, 9.17) is 0 Å². The fourth-order valence-corrected chi connectivity index (χ4v) is 15.9. The average Bonchev–Trinajstić information content (AvgIpc) is 3.39. The number of rotatable bonds is 8. The minimum atomic E-state index is -2.25. The molecule has 0 saturated heterocycles. The van der Waals surface area contributed by atoms with Gasteiger partial charge in [-0.05, 0) is 233 Å². The Bertz CT molecular complexity index is 3090. The van der Waals surface area contributed by atoms with Crippen molar-refractivity contribution in [1.82, 2.24) is 0 Å². The fraction of sp³-hybridized carbons (Fsp3) is 0.265. The highest BCUT2D eigenvalue weighted by Gasteiger charge is 2.34. The molecule has 71 heavy (non-hydrogen) atoms. The third kappa shape index (κ3) is 8.40. The van der Waals surface area contributed by atoms with Crippen molar-refractivity contribution in [3.05, 3.63) is 209 Å². The van der Waals surface area contributed by atoms with Crippen LogP contribution in [0.1, 0.15) is 100 Å². The smallest absolute Gasteiger partial charge is 0.113 e. The third-order valence-electron chi connectivity index (χ3n) is 16.0. The van der Waals surface area contributed by atoms with Crippen molar-refractivity contribution in [1.29, 1.82) is 0 Å². The molecule has 1 aliphatic rings. The quantitative estimate of drug-likeness (QED) is 0.140. The Kier molecular flexibility index (Phi) is 12.8. The molecule has 8 aromatic carbocycles. The molecule has 0 amide bonds. The molecular weight excluding hydrogens is 873 g/mol. The topological polar surface area (TPSA) is 6.48 Å². The minimum Gasteiger partial charge on any atom is -0.309 e. The summed E-state index contributed by atoms with van der Waals surface area (Å²) >= 11 is 0. The normalized spacial score (nSPS) is 12.7. The maximum atomic E-state index is 2.56. The van der Waals surface area contributed by atoms with Crippen molar-refractivity contribution in [2.75, 3.05) is 9.80 Å². The van der Waals surface area contributed by atoms with Crippen molar-refractivity contribution in [2.24, 2.45) is 0 Å². The molecule has 0 bridgehead atoms. The molecular formula is C68H74N2Si. The standard InChI is InChI=1S/C68H74N2Si/c1-39-31-43(5)65(44(6)32-39)69(66-45(7)33-40(2)34-46(66)8)61-29-27-55(51(13)53(61)15)57-21-19-23-63-59(57)25-26-60-58(22-20-24-64(60)71(63,17)18)56-28-30-62(54(16)52(56)14)70(67-47(9)35-41(3)36-48(67)10)68-49(11)37-42(4)38-50(68)12/h19-38H,1-18H3. The molecule has 0 fully saturated rings. The highest BCUT2D eigenvalue weighted by atomic mass is 28.3. The minimum absolute atomic E-state index is 1.23. The molecule has 9 rings (SSSR count). The van der Waals surface area contributed by atoms with Gasteiger partial charge in [0.15, 0.2) is 0 Å². The van der Waals surface area contributed by atoms with Gasteiger partial charge in [-0.2, -0.15) is 0 Å². The van der Waals surface area contributed by atoms with Crippen LogP contribution < -0.4 is 20.2 Å². The van der Waals surface area contributed by atoms with E-state index in [1.807, 2.05) is 0 Å². The van der Waals surface area contributed by atoms with E-state index < -0.39 is 8.07 Å². The van der Waals surface area contributed by atoms with Crippen LogP contribution in [0.25, 0.3) is 34.4 Å². The Hall–Kier alpha value is -6.68. The van der Waals surface area contributed by atoms with Gasteiger partial charge in [0.2, 0.25) is 0 Å². The highest BCUT2D eigenvalue weighted by molar-refractivity contribution is 7.01. The van der Waals surface area contributed by atoms with E-state index in [9.17, 15) is 0 Å². The van der Waals surface area contributed by atoms with E-state index in [1.165, 1.54) is 167 Å². The van der Waals surface area contributed by atoms with Crippen molar-refractivity contribution in [3.63, 3.8) is 0 Å². The lowest BCUT2D eigenvalue weighted by Gasteiger charge is -2.34. The molecule has 1 aliphatic heterocycles. The van der Waals surface area contributed by atoms with Crippen LogP contribution in [0.15, 0.2) is 109 Å². The molecule has 8 aromatic rings. The summed E-state index contributed by atoms with van der Waals surface area (Å²) < 4.78 is 0. The zero-order valence-electron chi connectivity index (χ0n) is 45.9. The van der Waals surface area contributed by atoms with Crippen molar-refractivity contribution in [2.45, 2.75) is 124 Å². The number of benzene rings is 8. The molecule has 0 saturated carbocycles. The lowest BCUT2D eigenvalue weighted by molar-refractivity contribution is 1.14. The van der Waals surface area contributed by atoms with E-state index in [0.717, 1.165) is 0 Å². The zero-order valence-corrected chi connectivity index (χ0v) is 46.9. The first kappa shape index (κ1) is 49.3. The number of anilines is 6. The summed E-state index contributed by atoms with van der Waals surface area (Å²) in [7, 11) is -2.25. The summed E-state index contributed by atoms with van der Waals surface area (Å²) in [5.74, 6) is 0. The predicted octanol–water partition coefficient (Wildman–Crippen LogP) is 18.2. The zero-order chi connectivity index (χ0) is 51.1. The van der Waals surface area contributed by atoms with Gasteiger partial charge >= 0.3 is 0 Å². The molecule has 0 unspecified atom stereocenters. The number of hydrogen-bond acceptors (Lipinski definition) is 2. The van der Waals surface area contributed by atoms with Crippen LogP contribution in [0.3, 0.4) is 0 Å². The van der Waals surface area contributed by atoms with Gasteiger partial charge < -0.3 is 9.80 Å². The molecule has 0 N–H and O–H groups in total. The largest absolute Gasteiger partial charge is 0.309 e. The average molecular weight is 947 g/mol. The first-order chi connectivity index (χ1) is 33.6. The van der Waals surface area contributed by atoms with Gasteiger partial charge in [-0.25, -0.2) is 0 Å². The van der Waals surface area contributed by atoms with Gasteiger partial charge in [-0.15, -0.1) is 0 Å². The van der Waals surface area contributed by atoms with E-state index in [-0.39, 0.29) is 0 Å². The summed E-state index contributed by atoms with van der Waals surface area (Å²) in [6.45, 7) is 41.4. The van der Waals surface area contributed by atoms with E-state index >= 15 is 0 Å². The van der Waals surface area contributed by atoms with Crippen molar-refractivity contribution in [3.8, 4) is 22.3 Å². The molecule has 360 valence electrons. The van der Waals surface area contributed by atoms with Gasteiger partial charge in [0.1, 0.15) is 8.07 Å². The van der Waals surface area contributed by atoms with Gasteiger partial charge in [-0.1, -0.05) is 145 Å². The molecule has 0 radical (unpaired) electrons. The van der Waals surface area contributed by atoms with Crippen LogP contribution in [0.5, 0.6) is 0 Å². The van der Waals surface area contributed by atoms with Crippen LogP contribution in [0.4, 0.5) is 34.1 Å². The summed E-state index contributed by atoms with van der Waals surface area (Å²) in [6.07, 6.45) is 4.90. The molecule has 3 heteroatoms. The van der Waals surface area contributed by atoms with Crippen molar-refractivity contribution >= 4 is 64.7 Å². The first-order valence-electron chi connectivity index (χ1n) is 25.7. The second kappa shape index (κ2) is 18.5. The van der Waals surface area contributed by atoms with Crippen LogP contribution in [0.2, 0.25) is 13.1 Å². The number of hydrogen-bond donors (Lipinski definition) is 0. The maximum absolute atomic E-state index is 2.56. The van der Waals surface area contributed by atoms with Crippen LogP contribution >= 0.6 is 0 Å². The van der Waals surface area contributed by atoms with E-state index in [1.54, 1.807) is 0 Å². The molecule has 0 spiro atoms. The van der Waals surface area contributed by atoms with Crippen LogP contribution in [0, 0.1) is 111 Å². The lowest BCUT2D eigenvalue weighted by atomic mass is 9.90. The lowest BCUT2D eigenvalue weighted by Crippen LogP contribution is -2.54. The summed E-state index contributed by atoms with van der Waals surface area (Å²) in [5, 5.41) is 2.96. The number of fused-ring (bicyclic) bond motifs is 2. The Labute approximate surface area is 427 Å². The molecule has 2 nitrogen and oxygen atoms in total. The second-order valence-electron chi connectivity index (χ2n) is 21.9. The molecule has 0 aliphatic carbocycles. The van der Waals surface area contributed by atoms with Crippen LogP contribution in [-0.2, 0) is 0 Å². The van der Waals surface area contributed by atoms with Gasteiger partial charge in [0.05, 0.1) is 22.7 Å². The summed E-state index contributed by atoms with van der Waals surface area (Å²) in [5.41, 5.74) is 36.1. The third-order valence-corrected chi connectivity index (χ3v) is 19.6. The Morgan fingerprint density at radius 3 is 0.831 bits per heavy atom. The molecule has 1 heterocycles. The predicted molar refractivity (Wildman–Crippen MR) is 315 cm³/mol. The van der Waals surface area contributed by atoms with E-state index in [0.29, 0.717) is 0 Å². The SMILES string of the molecule is Cc1cc(C)c(N(c2ccc(-c3cccc4c3C=Cc3c(-c5ccc(N(c6c(C)cc(C)cc6C)c6c(C)cc(C)cc6C)c(C)c5C)cccc3[Si]4(C)C)c(C)c2C)c2c(C)cc(C)cc2C)c(C)c1. The van der Waals surface area contributed by atoms with Gasteiger partial charge in [-0.3, -0.25) is 0 Å². The van der Waals surface area contributed by atoms with Gasteiger partial charge in [0, 0.05) is 11.4 Å². The van der Waals surface area contributed by atoms with Crippen LogP contribution in [-0.4, -0.2) is 8.07 Å². The molecule has 0 aromatic heterocycles. The number of aryl methyl sites for hydroxylation is 12. The fourth-order valence-electron chi connectivity index (χ4n) is 12.8. The Balaban J connectivity index is 1.18. The monoisotopic (exact) mass is 947 g/mol. The first-order valence-corrected chi connectivity index (χ1v) is 28.7. The maximum Gasteiger partial charge on any atom is 0.113 e. The Morgan fingerprint density at radius 1 is 0.296 bits per heavy atom. The molecule has 0 atom stereocenters. The number of nitrogens with zero attached hydrogens (tertiary/aromatic N) is 2. The van der Waals surface area contributed by atoms with Gasteiger partial charge in [0.25, 0.3) is 0 Å². The van der Waals surface area contributed by atoms with E-state index in [2.05, 4.69) is 255 Å². The summed E-state index contributed by atoms with van der Waals surface area (Å²) in [6, 6.07) is 42.4. The summed E-state index contributed by atoms with van der Waals surface area (Å²) in [4.78, 5) is 5.12.